The summed E-state index contributed by atoms with van der Waals surface area (Å²) in [4.78, 5) is 15.7. The Balaban J connectivity index is 2.13. The fourth-order valence-corrected chi connectivity index (χ4v) is 2.28. The first-order valence-corrected chi connectivity index (χ1v) is 6.19. The van der Waals surface area contributed by atoms with Gasteiger partial charge in [-0.15, -0.1) is 11.3 Å². The maximum absolute atomic E-state index is 13.5. The van der Waals surface area contributed by atoms with Crippen molar-refractivity contribution in [3.05, 3.63) is 45.1 Å². The van der Waals surface area contributed by atoms with Crippen molar-refractivity contribution in [2.75, 3.05) is 5.32 Å². The highest BCUT2D eigenvalue weighted by Gasteiger charge is 2.07. The monoisotopic (exact) mass is 285 g/mol. The van der Waals surface area contributed by atoms with Crippen LogP contribution in [0.2, 0.25) is 4.47 Å². The van der Waals surface area contributed by atoms with Crippen LogP contribution in [0.25, 0.3) is 0 Å². The van der Waals surface area contributed by atoms with Gasteiger partial charge in [0, 0.05) is 16.6 Å². The smallest absolute Gasteiger partial charge is 0.248 e. The number of nitrogens with one attached hydrogen (secondary N) is 1. The molecule has 0 spiro atoms. The molecule has 0 radical (unpaired) electrons. The molecule has 94 valence electrons. The van der Waals surface area contributed by atoms with E-state index < -0.39 is 11.7 Å². The number of thiazole rings is 1. The standard InChI is InChI=1S/C11H9ClFN3OS/c12-11-16-5-7(18-11)4-15-9-3-6(10(14)17)1-2-8(9)13/h1-3,5,15H,4H2,(H2,14,17). The molecule has 4 nitrogen and oxygen atoms in total. The topological polar surface area (TPSA) is 68.0 Å². The number of hydrogen-bond acceptors (Lipinski definition) is 4. The molecule has 1 heterocycles. The van der Waals surface area contributed by atoms with Crippen molar-refractivity contribution >= 4 is 34.5 Å². The zero-order valence-corrected chi connectivity index (χ0v) is 10.7. The molecule has 0 bridgehead atoms. The third-order valence-corrected chi connectivity index (χ3v) is 3.34. The van der Waals surface area contributed by atoms with Crippen LogP contribution in [0, 0.1) is 5.82 Å². The van der Waals surface area contributed by atoms with Crippen molar-refractivity contribution in [2.24, 2.45) is 5.73 Å². The van der Waals surface area contributed by atoms with Crippen LogP contribution in [0.15, 0.2) is 24.4 Å². The summed E-state index contributed by atoms with van der Waals surface area (Å²) < 4.78 is 13.9. The number of anilines is 1. The normalized spacial score (nSPS) is 10.3. The van der Waals surface area contributed by atoms with Crippen LogP contribution < -0.4 is 11.1 Å². The molecule has 1 aromatic carbocycles. The van der Waals surface area contributed by atoms with Crippen LogP contribution in [0.5, 0.6) is 0 Å². The third-order valence-electron chi connectivity index (χ3n) is 2.23. The largest absolute Gasteiger partial charge is 0.378 e. The van der Waals surface area contributed by atoms with E-state index in [2.05, 4.69) is 10.3 Å². The second kappa shape index (κ2) is 5.32. The minimum atomic E-state index is -0.598. The number of rotatable bonds is 4. The summed E-state index contributed by atoms with van der Waals surface area (Å²) in [6.45, 7) is 0.378. The molecule has 0 atom stereocenters. The summed E-state index contributed by atoms with van der Waals surface area (Å²) in [6, 6.07) is 3.91. The van der Waals surface area contributed by atoms with Gasteiger partial charge in [-0.2, -0.15) is 0 Å². The Labute approximate surface area is 112 Å². The highest BCUT2D eigenvalue weighted by molar-refractivity contribution is 7.15. The molecule has 18 heavy (non-hydrogen) atoms. The highest BCUT2D eigenvalue weighted by Crippen LogP contribution is 2.21. The second-order valence-corrected chi connectivity index (χ2v) is 5.19. The number of aromatic nitrogens is 1. The molecule has 0 aliphatic heterocycles. The quantitative estimate of drug-likeness (QED) is 0.907. The van der Waals surface area contributed by atoms with Crippen molar-refractivity contribution in [1.29, 1.82) is 0 Å². The fraction of sp³-hybridized carbons (Fsp3) is 0.0909. The van der Waals surface area contributed by atoms with E-state index >= 15 is 0 Å². The molecule has 1 aromatic heterocycles. The predicted molar refractivity (Wildman–Crippen MR) is 69.4 cm³/mol. The molecule has 0 saturated heterocycles. The van der Waals surface area contributed by atoms with E-state index in [0.29, 0.717) is 11.0 Å². The number of nitrogens with two attached hydrogens (primary N) is 1. The van der Waals surface area contributed by atoms with E-state index in [4.69, 9.17) is 17.3 Å². The maximum atomic E-state index is 13.5. The van der Waals surface area contributed by atoms with Crippen molar-refractivity contribution in [2.45, 2.75) is 6.54 Å². The summed E-state index contributed by atoms with van der Waals surface area (Å²) >= 11 is 6.99. The number of amides is 1. The molecular weight excluding hydrogens is 277 g/mol. The number of benzene rings is 1. The number of halogens is 2. The number of nitrogens with zero attached hydrogens (tertiary/aromatic N) is 1. The number of carbonyl (C=O) groups excluding carboxylic acids is 1. The Hall–Kier alpha value is -1.66. The van der Waals surface area contributed by atoms with Gasteiger partial charge in [0.25, 0.3) is 0 Å². The molecule has 0 saturated carbocycles. The molecule has 3 N–H and O–H groups in total. The average Bonchev–Trinajstić information content (AvgIpc) is 2.74. The molecule has 2 aromatic rings. The summed E-state index contributed by atoms with van der Waals surface area (Å²) in [5, 5.41) is 2.87. The van der Waals surface area contributed by atoms with Gasteiger partial charge in [-0.1, -0.05) is 11.6 Å². The van der Waals surface area contributed by atoms with Crippen LogP contribution in [-0.4, -0.2) is 10.9 Å². The number of hydrogen-bond donors (Lipinski definition) is 2. The van der Waals surface area contributed by atoms with Gasteiger partial charge >= 0.3 is 0 Å². The van der Waals surface area contributed by atoms with E-state index in [9.17, 15) is 9.18 Å². The van der Waals surface area contributed by atoms with Gasteiger partial charge < -0.3 is 11.1 Å². The van der Waals surface area contributed by atoms with E-state index in [-0.39, 0.29) is 11.3 Å². The maximum Gasteiger partial charge on any atom is 0.248 e. The van der Waals surface area contributed by atoms with Gasteiger partial charge in [0.2, 0.25) is 5.91 Å². The van der Waals surface area contributed by atoms with Crippen molar-refractivity contribution in [1.82, 2.24) is 4.98 Å². The van der Waals surface area contributed by atoms with Crippen LogP contribution >= 0.6 is 22.9 Å². The zero-order chi connectivity index (χ0) is 13.1. The lowest BCUT2D eigenvalue weighted by atomic mass is 10.2. The van der Waals surface area contributed by atoms with Crippen molar-refractivity contribution in [3.63, 3.8) is 0 Å². The summed E-state index contributed by atoms with van der Waals surface area (Å²) in [6.07, 6.45) is 1.61. The SMILES string of the molecule is NC(=O)c1ccc(F)c(NCc2cnc(Cl)s2)c1. The van der Waals surface area contributed by atoms with E-state index in [1.807, 2.05) is 0 Å². The molecule has 0 aliphatic carbocycles. The lowest BCUT2D eigenvalue weighted by Gasteiger charge is -2.07. The Morgan fingerprint density at radius 3 is 2.94 bits per heavy atom. The number of carbonyl (C=O) groups is 1. The molecule has 2 rings (SSSR count). The van der Waals surface area contributed by atoms with Crippen LogP contribution in [0.4, 0.5) is 10.1 Å². The Kier molecular flexibility index (Phi) is 3.78. The minimum Gasteiger partial charge on any atom is -0.378 e. The lowest BCUT2D eigenvalue weighted by Crippen LogP contribution is -2.12. The lowest BCUT2D eigenvalue weighted by molar-refractivity contribution is 0.100. The van der Waals surface area contributed by atoms with E-state index in [1.54, 1.807) is 6.20 Å². The van der Waals surface area contributed by atoms with E-state index in [1.165, 1.54) is 29.5 Å². The number of primary amides is 1. The first kappa shape index (κ1) is 12.8. The molecule has 7 heteroatoms. The first-order chi connectivity index (χ1) is 8.56. The second-order valence-electron chi connectivity index (χ2n) is 3.49. The van der Waals surface area contributed by atoms with Gasteiger partial charge in [0.1, 0.15) is 5.82 Å². The zero-order valence-electron chi connectivity index (χ0n) is 9.11. The van der Waals surface area contributed by atoms with E-state index in [0.717, 1.165) is 4.88 Å². The molecule has 0 aliphatic rings. The molecule has 1 amide bonds. The van der Waals surface area contributed by atoms with Gasteiger partial charge in [-0.05, 0) is 18.2 Å². The Morgan fingerprint density at radius 2 is 2.33 bits per heavy atom. The van der Waals surface area contributed by atoms with Crippen LogP contribution in [0.1, 0.15) is 15.2 Å². The third kappa shape index (κ3) is 2.96. The molecule has 0 unspecified atom stereocenters. The summed E-state index contributed by atoms with van der Waals surface area (Å²) in [5.74, 6) is -1.05. The van der Waals surface area contributed by atoms with Crippen molar-refractivity contribution < 1.29 is 9.18 Å². The molecular formula is C11H9ClFN3OS. The summed E-state index contributed by atoms with van der Waals surface area (Å²) in [7, 11) is 0. The molecule has 0 fully saturated rings. The van der Waals surface area contributed by atoms with Crippen LogP contribution in [-0.2, 0) is 6.54 Å². The summed E-state index contributed by atoms with van der Waals surface area (Å²) in [5.41, 5.74) is 5.60. The Bertz CT molecular complexity index is 587. The van der Waals surface area contributed by atoms with Crippen LogP contribution in [0.3, 0.4) is 0 Å². The van der Waals surface area contributed by atoms with Gasteiger partial charge in [0.15, 0.2) is 4.47 Å². The van der Waals surface area contributed by atoms with Gasteiger partial charge in [-0.25, -0.2) is 9.37 Å². The first-order valence-electron chi connectivity index (χ1n) is 4.99. The van der Waals surface area contributed by atoms with Gasteiger partial charge in [-0.3, -0.25) is 4.79 Å². The predicted octanol–water partition coefficient (Wildman–Crippen LogP) is 2.65. The highest BCUT2D eigenvalue weighted by atomic mass is 35.5. The fourth-order valence-electron chi connectivity index (χ4n) is 1.36. The average molecular weight is 286 g/mol. The Morgan fingerprint density at radius 1 is 1.56 bits per heavy atom. The van der Waals surface area contributed by atoms with Crippen molar-refractivity contribution in [3.8, 4) is 0 Å². The minimum absolute atomic E-state index is 0.218. The van der Waals surface area contributed by atoms with Gasteiger partial charge in [0.05, 0.1) is 12.2 Å².